The summed E-state index contributed by atoms with van der Waals surface area (Å²) in [5.41, 5.74) is -3.81. The normalized spacial score (nSPS) is 12.0. The average molecular weight is 500 g/mol. The molecule has 0 atom stereocenters. The second kappa shape index (κ2) is 9.80. The van der Waals surface area contributed by atoms with Crippen molar-refractivity contribution in [1.82, 2.24) is 4.57 Å². The van der Waals surface area contributed by atoms with E-state index in [-0.39, 0.29) is 30.3 Å². The molecule has 0 aliphatic carbocycles. The van der Waals surface area contributed by atoms with Gasteiger partial charge in [-0.1, -0.05) is 6.07 Å². The molecule has 1 heterocycles. The Morgan fingerprint density at radius 2 is 1.57 bits per heavy atom. The number of nitrogens with one attached hydrogen (secondary N) is 1. The van der Waals surface area contributed by atoms with Crippen molar-refractivity contribution in [3.8, 4) is 0 Å². The average Bonchev–Trinajstić information content (AvgIpc) is 2.74. The third kappa shape index (κ3) is 6.40. The first kappa shape index (κ1) is 25.8. The fourth-order valence-corrected chi connectivity index (χ4v) is 3.39. The van der Waals surface area contributed by atoms with Crippen LogP contribution in [0.25, 0.3) is 10.8 Å². The number of fused-ring (bicyclic) bond motifs is 1. The van der Waals surface area contributed by atoms with Crippen LogP contribution in [0.4, 0.5) is 32.0 Å². The minimum Gasteiger partial charge on any atom is -0.464 e. The van der Waals surface area contributed by atoms with Crippen molar-refractivity contribution in [2.45, 2.75) is 32.2 Å². The molecule has 0 spiro atoms. The van der Waals surface area contributed by atoms with Crippen molar-refractivity contribution in [3.63, 3.8) is 0 Å². The highest BCUT2D eigenvalue weighted by Gasteiger charge is 2.37. The Bertz CT molecular complexity index is 1300. The van der Waals surface area contributed by atoms with E-state index in [0.717, 1.165) is 0 Å². The van der Waals surface area contributed by atoms with Crippen LogP contribution in [0.15, 0.2) is 53.5 Å². The molecular formula is C23H18F6N2O4. The molecule has 2 aromatic carbocycles. The molecule has 35 heavy (non-hydrogen) atoms. The summed E-state index contributed by atoms with van der Waals surface area (Å²) in [6, 6.07) is 6.85. The maximum Gasteiger partial charge on any atom is 0.416 e. The topological polar surface area (TPSA) is 77.4 Å². The smallest absolute Gasteiger partial charge is 0.416 e. The number of hydrogen-bond donors (Lipinski definition) is 1. The van der Waals surface area contributed by atoms with E-state index in [1.54, 1.807) is 0 Å². The fourth-order valence-electron chi connectivity index (χ4n) is 3.39. The monoisotopic (exact) mass is 500 g/mol. The number of anilines is 1. The van der Waals surface area contributed by atoms with Gasteiger partial charge in [-0.2, -0.15) is 26.3 Å². The maximum atomic E-state index is 13.1. The number of carbonyl (C=O) groups excluding carboxylic acids is 2. The summed E-state index contributed by atoms with van der Waals surface area (Å²) >= 11 is 0. The summed E-state index contributed by atoms with van der Waals surface area (Å²) in [6.45, 7) is 1.28. The van der Waals surface area contributed by atoms with Crippen molar-refractivity contribution in [1.29, 1.82) is 0 Å². The first-order chi connectivity index (χ1) is 16.3. The summed E-state index contributed by atoms with van der Waals surface area (Å²) in [5.74, 6) is -1.38. The van der Waals surface area contributed by atoms with Crippen molar-refractivity contribution in [2.24, 2.45) is 0 Å². The minimum absolute atomic E-state index is 0.0153. The highest BCUT2D eigenvalue weighted by atomic mass is 19.4. The molecule has 6 nitrogen and oxygen atoms in total. The highest BCUT2D eigenvalue weighted by Crippen LogP contribution is 2.36. The molecule has 0 saturated heterocycles. The van der Waals surface area contributed by atoms with E-state index in [9.17, 15) is 40.7 Å². The molecule has 1 N–H and O–H groups in total. The second-order valence-corrected chi connectivity index (χ2v) is 7.56. The van der Waals surface area contributed by atoms with E-state index in [0.29, 0.717) is 17.5 Å². The van der Waals surface area contributed by atoms with Crippen LogP contribution >= 0.6 is 0 Å². The summed E-state index contributed by atoms with van der Waals surface area (Å²) in [5, 5.41) is 2.95. The zero-order valence-electron chi connectivity index (χ0n) is 18.1. The number of rotatable bonds is 6. The third-order valence-corrected chi connectivity index (χ3v) is 4.94. The van der Waals surface area contributed by atoms with Gasteiger partial charge in [0.05, 0.1) is 24.1 Å². The lowest BCUT2D eigenvalue weighted by molar-refractivity contribution is -0.143. The van der Waals surface area contributed by atoms with Crippen LogP contribution in [0.5, 0.6) is 0 Å². The largest absolute Gasteiger partial charge is 0.464 e. The summed E-state index contributed by atoms with van der Waals surface area (Å²) in [6.07, 6.45) is -9.41. The summed E-state index contributed by atoms with van der Waals surface area (Å²) in [4.78, 5) is 36.1. The molecule has 3 rings (SSSR count). The minimum atomic E-state index is -5.03. The summed E-state index contributed by atoms with van der Waals surface area (Å²) in [7, 11) is 0. The van der Waals surface area contributed by atoms with Gasteiger partial charge in [-0.25, -0.2) is 0 Å². The molecule has 0 aliphatic rings. The number of halogens is 6. The lowest BCUT2D eigenvalue weighted by Crippen LogP contribution is -2.23. The third-order valence-electron chi connectivity index (χ3n) is 4.94. The Balaban J connectivity index is 1.86. The van der Waals surface area contributed by atoms with Gasteiger partial charge in [-0.3, -0.25) is 14.4 Å². The molecule has 1 aromatic heterocycles. The molecule has 0 saturated carbocycles. The molecule has 12 heteroatoms. The van der Waals surface area contributed by atoms with Crippen LogP contribution < -0.4 is 10.9 Å². The number of amides is 1. The second-order valence-electron chi connectivity index (χ2n) is 7.56. The number of pyridine rings is 1. The number of hydrogen-bond acceptors (Lipinski definition) is 4. The van der Waals surface area contributed by atoms with Crippen molar-refractivity contribution in [3.05, 3.63) is 75.7 Å². The van der Waals surface area contributed by atoms with E-state index in [4.69, 9.17) is 4.74 Å². The Morgan fingerprint density at radius 3 is 2.14 bits per heavy atom. The van der Waals surface area contributed by atoms with E-state index in [2.05, 4.69) is 5.32 Å². The molecule has 0 unspecified atom stereocenters. The first-order valence-corrected chi connectivity index (χ1v) is 10.1. The Morgan fingerprint density at radius 1 is 0.943 bits per heavy atom. The van der Waals surface area contributed by atoms with Crippen LogP contribution in [0.2, 0.25) is 0 Å². The van der Waals surface area contributed by atoms with Gasteiger partial charge < -0.3 is 14.6 Å². The SMILES string of the molecule is CC(=O)OCCn1ccc2c(NC(=O)Cc3cc(C(F)(F)F)cc(C(F)(F)F)c3)cccc2c1=O. The van der Waals surface area contributed by atoms with Crippen LogP contribution in [0.3, 0.4) is 0 Å². The molecule has 1 amide bonds. The number of alkyl halides is 6. The van der Waals surface area contributed by atoms with Gasteiger partial charge >= 0.3 is 18.3 Å². The van der Waals surface area contributed by atoms with Crippen LogP contribution in [-0.2, 0) is 39.6 Å². The number of esters is 1. The number of nitrogens with zero attached hydrogens (tertiary/aromatic N) is 1. The quantitative estimate of drug-likeness (QED) is 0.390. The standard InChI is InChI=1S/C23H18F6N2O4/c1-13(32)35-8-7-31-6-5-17-18(21(31)34)3-2-4-19(17)30-20(33)11-14-9-15(22(24,25)26)12-16(10-14)23(27,28)29/h2-6,9-10,12H,7-8,11H2,1H3,(H,30,33). The van der Waals surface area contributed by atoms with Crippen LogP contribution in [0, 0.1) is 0 Å². The molecule has 0 radical (unpaired) electrons. The fraction of sp³-hybridized carbons (Fsp3) is 0.261. The van der Waals surface area contributed by atoms with Gasteiger partial charge in [0.2, 0.25) is 5.91 Å². The molecule has 0 aliphatic heterocycles. The summed E-state index contributed by atoms with van der Waals surface area (Å²) < 4.78 is 84.4. The van der Waals surface area contributed by atoms with Gasteiger partial charge in [0.25, 0.3) is 5.56 Å². The Kier molecular flexibility index (Phi) is 7.22. The highest BCUT2D eigenvalue weighted by molar-refractivity contribution is 6.02. The number of ether oxygens (including phenoxy) is 1. The molecule has 0 fully saturated rings. The van der Waals surface area contributed by atoms with Crippen LogP contribution in [-0.4, -0.2) is 23.1 Å². The van der Waals surface area contributed by atoms with Crippen molar-refractivity contribution < 1.29 is 40.7 Å². The van der Waals surface area contributed by atoms with E-state index in [1.165, 1.54) is 42.0 Å². The molecule has 0 bridgehead atoms. The predicted molar refractivity (Wildman–Crippen MR) is 114 cm³/mol. The maximum absolute atomic E-state index is 13.1. The number of benzene rings is 2. The zero-order chi connectivity index (χ0) is 26.0. The van der Waals surface area contributed by atoms with Crippen molar-refractivity contribution >= 4 is 28.3 Å². The molecular weight excluding hydrogens is 482 g/mol. The first-order valence-electron chi connectivity index (χ1n) is 10.1. The van der Waals surface area contributed by atoms with Gasteiger partial charge in [0, 0.05) is 29.6 Å². The van der Waals surface area contributed by atoms with Gasteiger partial charge in [-0.15, -0.1) is 0 Å². The van der Waals surface area contributed by atoms with E-state index in [1.807, 2.05) is 0 Å². The van der Waals surface area contributed by atoms with Gasteiger partial charge in [0.1, 0.15) is 6.61 Å². The molecule has 3 aromatic rings. The lowest BCUT2D eigenvalue weighted by atomic mass is 10.0. The number of carbonyl (C=O) groups is 2. The lowest BCUT2D eigenvalue weighted by Gasteiger charge is -2.15. The predicted octanol–water partition coefficient (Wildman–Crippen LogP) is 4.78. The Hall–Kier alpha value is -3.83. The van der Waals surface area contributed by atoms with E-state index < -0.39 is 52.9 Å². The van der Waals surface area contributed by atoms with Gasteiger partial charge in [0.15, 0.2) is 0 Å². The van der Waals surface area contributed by atoms with Crippen LogP contribution in [0.1, 0.15) is 23.6 Å². The Labute approximate surface area is 194 Å². The van der Waals surface area contributed by atoms with Crippen molar-refractivity contribution in [2.75, 3.05) is 11.9 Å². The molecule has 186 valence electrons. The van der Waals surface area contributed by atoms with E-state index >= 15 is 0 Å². The van der Waals surface area contributed by atoms with Gasteiger partial charge in [-0.05, 0) is 42.0 Å². The zero-order valence-corrected chi connectivity index (χ0v) is 18.1. The number of aromatic nitrogens is 1.